The lowest BCUT2D eigenvalue weighted by atomic mass is 10.0. The van der Waals surface area contributed by atoms with Crippen LogP contribution in [0.5, 0.6) is 0 Å². The third-order valence-corrected chi connectivity index (χ3v) is 6.51. The number of nitrogens with one attached hydrogen (secondary N) is 3. The maximum Gasteiger partial charge on any atom is 0.251 e. The molecule has 0 aromatic heterocycles. The highest BCUT2D eigenvalue weighted by atomic mass is 127. The number of hydrogen-bond donors (Lipinski definition) is 3. The number of halogens is 2. The summed E-state index contributed by atoms with van der Waals surface area (Å²) in [6.45, 7) is 0.747. The predicted molar refractivity (Wildman–Crippen MR) is 143 cm³/mol. The van der Waals surface area contributed by atoms with E-state index in [1.54, 1.807) is 6.08 Å². The fourth-order valence-corrected chi connectivity index (χ4v) is 4.37. The molecule has 3 N–H and O–H groups in total. The van der Waals surface area contributed by atoms with Gasteiger partial charge in [0.15, 0.2) is 0 Å². The molecular formula is C25H28FIN3O4P. The smallest absolute Gasteiger partial charge is 0.251 e. The van der Waals surface area contributed by atoms with E-state index < -0.39 is 0 Å². The summed E-state index contributed by atoms with van der Waals surface area (Å²) in [5.74, 6) is -0.889. The van der Waals surface area contributed by atoms with Crippen molar-refractivity contribution in [2.45, 2.75) is 44.6 Å². The number of aryl methyl sites for hydroxylation is 1. The van der Waals surface area contributed by atoms with Gasteiger partial charge in [-0.25, -0.2) is 14.5 Å². The molecule has 1 aliphatic carbocycles. The lowest BCUT2D eigenvalue weighted by Crippen LogP contribution is -2.27. The monoisotopic (exact) mass is 611 g/mol. The van der Waals surface area contributed by atoms with Gasteiger partial charge in [0.2, 0.25) is 11.8 Å². The Morgan fingerprint density at radius 1 is 1.11 bits per heavy atom. The van der Waals surface area contributed by atoms with Crippen LogP contribution in [0.25, 0.3) is 6.08 Å². The van der Waals surface area contributed by atoms with Gasteiger partial charge in [0, 0.05) is 24.6 Å². The minimum atomic E-state index is -0.374. The van der Waals surface area contributed by atoms with Crippen molar-refractivity contribution in [1.82, 2.24) is 16.1 Å². The highest BCUT2D eigenvalue weighted by molar-refractivity contribution is 14.2. The van der Waals surface area contributed by atoms with Gasteiger partial charge in [0.25, 0.3) is 5.91 Å². The first kappa shape index (κ1) is 27.2. The van der Waals surface area contributed by atoms with Crippen LogP contribution < -0.4 is 16.1 Å². The first-order valence-corrected chi connectivity index (χ1v) is 15.4. The third-order valence-electron chi connectivity index (χ3n) is 5.67. The Labute approximate surface area is 219 Å². The summed E-state index contributed by atoms with van der Waals surface area (Å²) < 4.78 is 17.9. The quantitative estimate of drug-likeness (QED) is 0.104. The molecule has 35 heavy (non-hydrogen) atoms. The van der Waals surface area contributed by atoms with Crippen LogP contribution in [0.3, 0.4) is 0 Å². The van der Waals surface area contributed by atoms with E-state index in [9.17, 15) is 18.8 Å². The highest BCUT2D eigenvalue weighted by Gasteiger charge is 2.24. The summed E-state index contributed by atoms with van der Waals surface area (Å²) >= 11 is 2.03. The van der Waals surface area contributed by atoms with Crippen molar-refractivity contribution in [3.8, 4) is 0 Å². The Morgan fingerprint density at radius 3 is 2.69 bits per heavy atom. The number of carbonyl (C=O) groups excluding carboxylic acids is 3. The van der Waals surface area contributed by atoms with Gasteiger partial charge in [-0.05, 0) is 94.8 Å². The van der Waals surface area contributed by atoms with Gasteiger partial charge in [0.1, 0.15) is 12.3 Å². The van der Waals surface area contributed by atoms with Crippen LogP contribution in [0.15, 0.2) is 48.5 Å². The van der Waals surface area contributed by atoms with Gasteiger partial charge in [-0.3, -0.25) is 14.4 Å². The van der Waals surface area contributed by atoms with Gasteiger partial charge in [0.05, 0.1) is 6.04 Å². The molecule has 0 fully saturated rings. The van der Waals surface area contributed by atoms with Crippen molar-refractivity contribution in [2.24, 2.45) is 0 Å². The van der Waals surface area contributed by atoms with E-state index in [-0.39, 0.29) is 36.0 Å². The van der Waals surface area contributed by atoms with Crippen LogP contribution >= 0.6 is 28.5 Å². The molecule has 3 rings (SSSR count). The molecule has 3 amide bonds. The third kappa shape index (κ3) is 8.98. The van der Waals surface area contributed by atoms with E-state index in [0.717, 1.165) is 48.8 Å². The summed E-state index contributed by atoms with van der Waals surface area (Å²) in [6.07, 6.45) is 7.71. The normalized spacial score (nSPS) is 14.9. The summed E-state index contributed by atoms with van der Waals surface area (Å²) in [5, 5.41) is 5.87. The lowest BCUT2D eigenvalue weighted by molar-refractivity contribution is -0.127. The topological polar surface area (TPSA) is 96.5 Å². The maximum absolute atomic E-state index is 13.1. The molecule has 0 spiro atoms. The number of rotatable bonds is 12. The maximum atomic E-state index is 13.1. The zero-order valence-corrected chi connectivity index (χ0v) is 22.3. The van der Waals surface area contributed by atoms with Gasteiger partial charge in [-0.1, -0.05) is 24.6 Å². The molecule has 2 atom stereocenters. The summed E-state index contributed by atoms with van der Waals surface area (Å²) in [7, 11) is 0. The molecule has 2 aromatic rings. The zero-order valence-electron chi connectivity index (χ0n) is 19.1. The van der Waals surface area contributed by atoms with E-state index in [2.05, 4.69) is 16.1 Å². The Bertz CT molecular complexity index is 1070. The van der Waals surface area contributed by atoms with Gasteiger partial charge >= 0.3 is 0 Å². The lowest BCUT2D eigenvalue weighted by Gasteiger charge is -2.14. The number of unbranched alkanes of at least 4 members (excludes halogenated alkanes) is 2. The molecule has 1 aliphatic rings. The second-order valence-electron chi connectivity index (χ2n) is 8.17. The van der Waals surface area contributed by atoms with Crippen molar-refractivity contribution in [3.05, 3.63) is 76.6 Å². The van der Waals surface area contributed by atoms with Crippen molar-refractivity contribution in [1.29, 1.82) is 0 Å². The molecule has 0 radical (unpaired) electrons. The largest absolute Gasteiger partial charge is 0.353 e. The minimum Gasteiger partial charge on any atom is -0.353 e. The predicted octanol–water partition coefficient (Wildman–Crippen LogP) is 4.92. The van der Waals surface area contributed by atoms with Crippen LogP contribution in [0.4, 0.5) is 4.39 Å². The number of fused-ring (bicyclic) bond motifs is 1. The molecule has 0 bridgehead atoms. The van der Waals surface area contributed by atoms with Crippen LogP contribution in [-0.2, 0) is 20.6 Å². The standard InChI is InChI=1S/C25H28FIN3O4P/c26-20-10-7-18(8-11-20)25(33)29-22-13-9-19-16-17(5-12-21(19)22)6-14-23(31)28-15-3-1-2-4-24(32)30-34-35-27/h5-8,10-12,14,16,22,35H,1-4,9,13,15H2,(H,28,31)(H,29,33)(H,30,32)/b14-6+. The van der Waals surface area contributed by atoms with Crippen molar-refractivity contribution >= 4 is 52.3 Å². The Hall–Kier alpha value is -2.36. The molecule has 2 aromatic carbocycles. The van der Waals surface area contributed by atoms with Gasteiger partial charge in [-0.2, -0.15) is 0 Å². The number of carbonyl (C=O) groups is 3. The molecular weight excluding hydrogens is 583 g/mol. The summed E-state index contributed by atoms with van der Waals surface area (Å²) in [6, 6.07) is 11.4. The molecule has 0 aliphatic heterocycles. The molecule has 10 heteroatoms. The second-order valence-corrected chi connectivity index (χ2v) is 9.85. The van der Waals surface area contributed by atoms with Crippen LogP contribution in [-0.4, -0.2) is 24.3 Å². The Balaban J connectivity index is 1.40. The average Bonchev–Trinajstić information content (AvgIpc) is 3.25. The second kappa shape index (κ2) is 14.3. The molecule has 0 saturated carbocycles. The van der Waals surface area contributed by atoms with Gasteiger partial charge < -0.3 is 10.6 Å². The summed E-state index contributed by atoms with van der Waals surface area (Å²) in [4.78, 5) is 36.0. The van der Waals surface area contributed by atoms with Crippen molar-refractivity contribution in [3.63, 3.8) is 0 Å². The van der Waals surface area contributed by atoms with Crippen molar-refractivity contribution in [2.75, 3.05) is 6.54 Å². The van der Waals surface area contributed by atoms with E-state index in [4.69, 9.17) is 4.62 Å². The first-order chi connectivity index (χ1) is 17.0. The fraction of sp³-hybridized carbons (Fsp3) is 0.320. The fourth-order valence-electron chi connectivity index (χ4n) is 3.89. The van der Waals surface area contributed by atoms with Crippen molar-refractivity contribution < 1.29 is 23.4 Å². The van der Waals surface area contributed by atoms with Crippen LogP contribution in [0.2, 0.25) is 0 Å². The van der Waals surface area contributed by atoms with E-state index >= 15 is 0 Å². The zero-order chi connectivity index (χ0) is 25.0. The van der Waals surface area contributed by atoms with E-state index in [0.29, 0.717) is 18.5 Å². The molecule has 186 valence electrons. The molecule has 7 nitrogen and oxygen atoms in total. The molecule has 0 heterocycles. The summed E-state index contributed by atoms with van der Waals surface area (Å²) in [5.41, 5.74) is 5.93. The number of benzene rings is 2. The molecule has 2 unspecified atom stereocenters. The van der Waals surface area contributed by atoms with Crippen LogP contribution in [0, 0.1) is 5.82 Å². The Kier molecular flexibility index (Phi) is 11.1. The average molecular weight is 611 g/mol. The Morgan fingerprint density at radius 2 is 1.91 bits per heavy atom. The highest BCUT2D eigenvalue weighted by Crippen LogP contribution is 2.32. The molecule has 0 saturated heterocycles. The minimum absolute atomic E-state index is 0.0888. The number of amides is 3. The van der Waals surface area contributed by atoms with E-state index in [1.807, 2.05) is 40.2 Å². The first-order valence-electron chi connectivity index (χ1n) is 11.4. The SMILES string of the molecule is O=C(/C=C/c1ccc2c(c1)CCC2NC(=O)c1ccc(F)cc1)NCCCCCC(=O)NOPI. The van der Waals surface area contributed by atoms with E-state index in [1.165, 1.54) is 30.3 Å². The van der Waals surface area contributed by atoms with Gasteiger partial charge in [-0.15, -0.1) is 0 Å². The number of hydrogen-bond acceptors (Lipinski definition) is 4. The number of hydroxylamine groups is 1. The van der Waals surface area contributed by atoms with Crippen LogP contribution in [0.1, 0.15) is 65.2 Å².